The first-order valence-electron chi connectivity index (χ1n) is 6.20. The van der Waals surface area contributed by atoms with Gasteiger partial charge in [-0.15, -0.1) is 0 Å². The molecule has 1 aromatic rings. The maximum Gasteiger partial charge on any atom is 0.325 e. The summed E-state index contributed by atoms with van der Waals surface area (Å²) in [6, 6.07) is 3.41. The molecule has 0 spiro atoms. The minimum Gasteiger partial charge on any atom is -0.480 e. The molecule has 7 heteroatoms. The zero-order valence-electron chi connectivity index (χ0n) is 11.3. The van der Waals surface area contributed by atoms with Crippen molar-refractivity contribution in [1.82, 2.24) is 10.3 Å². The van der Waals surface area contributed by atoms with Crippen molar-refractivity contribution in [3.63, 3.8) is 0 Å². The highest BCUT2D eigenvalue weighted by Gasteiger charge is 2.22. The fourth-order valence-electron chi connectivity index (χ4n) is 1.71. The van der Waals surface area contributed by atoms with E-state index in [0.29, 0.717) is 5.69 Å². The summed E-state index contributed by atoms with van der Waals surface area (Å²) in [6.07, 6.45) is -1.05. The number of amides is 1. The molecule has 0 bridgehead atoms. The Bertz CT molecular complexity index is 540. The number of aliphatic carboxylic acids is 1. The lowest BCUT2D eigenvalue weighted by Crippen LogP contribution is -2.39. The lowest BCUT2D eigenvalue weighted by atomic mass is 9.97. The summed E-state index contributed by atoms with van der Waals surface area (Å²) in [6.45, 7) is 3.00. The van der Waals surface area contributed by atoms with Crippen LogP contribution < -0.4 is 10.9 Å². The second kappa shape index (κ2) is 6.85. The van der Waals surface area contributed by atoms with Gasteiger partial charge in [-0.1, -0.05) is 13.0 Å². The highest BCUT2D eigenvalue weighted by Crippen LogP contribution is 2.21. The lowest BCUT2D eigenvalue weighted by molar-refractivity contribution is -0.141. The molecule has 0 saturated heterocycles. The van der Waals surface area contributed by atoms with Crippen molar-refractivity contribution in [3.8, 4) is 0 Å². The van der Waals surface area contributed by atoms with Gasteiger partial charge >= 0.3 is 5.97 Å². The molecule has 0 aliphatic rings. The van der Waals surface area contributed by atoms with Gasteiger partial charge in [0, 0.05) is 18.2 Å². The van der Waals surface area contributed by atoms with E-state index < -0.39 is 29.9 Å². The lowest BCUT2D eigenvalue weighted by Gasteiger charge is -2.19. The Hall–Kier alpha value is -2.15. The predicted molar refractivity (Wildman–Crippen MR) is 71.0 cm³/mol. The van der Waals surface area contributed by atoms with Crippen LogP contribution >= 0.6 is 0 Å². The van der Waals surface area contributed by atoms with E-state index in [2.05, 4.69) is 10.3 Å². The Morgan fingerprint density at radius 1 is 1.35 bits per heavy atom. The zero-order chi connectivity index (χ0) is 15.3. The molecular weight excluding hydrogens is 264 g/mol. The predicted octanol–water partition coefficient (Wildman–Crippen LogP) is 0.0238. The van der Waals surface area contributed by atoms with Crippen LogP contribution in [0.5, 0.6) is 0 Å². The van der Waals surface area contributed by atoms with Gasteiger partial charge in [0.2, 0.25) is 11.5 Å². The number of aromatic amines is 1. The van der Waals surface area contributed by atoms with Crippen molar-refractivity contribution in [1.29, 1.82) is 0 Å². The summed E-state index contributed by atoms with van der Waals surface area (Å²) < 4.78 is 0. The number of aromatic nitrogens is 1. The van der Waals surface area contributed by atoms with Crippen LogP contribution in [0.25, 0.3) is 0 Å². The molecule has 7 nitrogen and oxygen atoms in total. The summed E-state index contributed by atoms with van der Waals surface area (Å²) in [4.78, 5) is 35.9. The van der Waals surface area contributed by atoms with Gasteiger partial charge in [0.05, 0.1) is 6.10 Å². The molecule has 0 aliphatic carbocycles. The van der Waals surface area contributed by atoms with E-state index in [4.69, 9.17) is 5.11 Å². The number of rotatable bonds is 6. The fraction of sp³-hybridized carbons (Fsp3) is 0.462. The van der Waals surface area contributed by atoms with Gasteiger partial charge in [0.15, 0.2) is 0 Å². The van der Waals surface area contributed by atoms with Gasteiger partial charge in [-0.2, -0.15) is 0 Å². The summed E-state index contributed by atoms with van der Waals surface area (Å²) in [5, 5.41) is 21.0. The molecule has 0 saturated carbocycles. The molecule has 20 heavy (non-hydrogen) atoms. The van der Waals surface area contributed by atoms with Gasteiger partial charge in [0.25, 0.3) is 0 Å². The first kappa shape index (κ1) is 15.9. The van der Waals surface area contributed by atoms with Gasteiger partial charge in [-0.25, -0.2) is 0 Å². The summed E-state index contributed by atoms with van der Waals surface area (Å²) in [7, 11) is 0. The van der Waals surface area contributed by atoms with Crippen LogP contribution in [-0.2, 0) is 9.59 Å². The van der Waals surface area contributed by atoms with Crippen molar-refractivity contribution in [2.24, 2.45) is 5.92 Å². The fourth-order valence-corrected chi connectivity index (χ4v) is 1.71. The molecule has 3 atom stereocenters. The second-order valence-electron chi connectivity index (χ2n) is 4.72. The van der Waals surface area contributed by atoms with Crippen LogP contribution in [0.4, 0.5) is 0 Å². The van der Waals surface area contributed by atoms with E-state index in [1.165, 1.54) is 19.1 Å². The molecule has 2 unspecified atom stereocenters. The number of carboxylic acids is 1. The molecule has 0 aromatic carbocycles. The van der Waals surface area contributed by atoms with Crippen LogP contribution in [0.3, 0.4) is 0 Å². The molecule has 1 heterocycles. The summed E-state index contributed by atoms with van der Waals surface area (Å²) >= 11 is 0. The largest absolute Gasteiger partial charge is 0.480 e. The summed E-state index contributed by atoms with van der Waals surface area (Å²) in [5.74, 6) is -2.06. The maximum atomic E-state index is 11.6. The van der Waals surface area contributed by atoms with E-state index >= 15 is 0 Å². The van der Waals surface area contributed by atoms with E-state index in [1.807, 2.05) is 0 Å². The smallest absolute Gasteiger partial charge is 0.325 e. The third kappa shape index (κ3) is 4.51. The molecule has 4 N–H and O–H groups in total. The first-order chi connectivity index (χ1) is 9.31. The van der Waals surface area contributed by atoms with E-state index in [1.54, 1.807) is 13.0 Å². The Balaban J connectivity index is 2.62. The standard InChI is InChI=1S/C13H18N2O5/c1-7(6-11(17)14-8(2)13(19)20)12(18)9-4-3-5-10(16)15-9/h3-5,7-8,12,18H,6H2,1-2H3,(H,14,17)(H,15,16)(H,19,20)/t7-,8?,12?/m0/s1. The van der Waals surface area contributed by atoms with Crippen LogP contribution in [0.2, 0.25) is 0 Å². The zero-order valence-corrected chi connectivity index (χ0v) is 11.3. The number of nitrogens with one attached hydrogen (secondary N) is 2. The van der Waals surface area contributed by atoms with Gasteiger partial charge in [-0.05, 0) is 18.9 Å². The van der Waals surface area contributed by atoms with Crippen molar-refractivity contribution >= 4 is 11.9 Å². The molecular formula is C13H18N2O5. The van der Waals surface area contributed by atoms with Crippen molar-refractivity contribution in [2.75, 3.05) is 0 Å². The summed E-state index contributed by atoms with van der Waals surface area (Å²) in [5.41, 5.74) is -0.0122. The number of hydrogen-bond donors (Lipinski definition) is 4. The molecule has 0 radical (unpaired) electrons. The molecule has 110 valence electrons. The average Bonchev–Trinajstić information content (AvgIpc) is 2.37. The van der Waals surface area contributed by atoms with Crippen LogP contribution in [0.15, 0.2) is 23.0 Å². The van der Waals surface area contributed by atoms with Crippen molar-refractivity contribution in [2.45, 2.75) is 32.4 Å². The van der Waals surface area contributed by atoms with Crippen LogP contribution in [0.1, 0.15) is 32.1 Å². The Morgan fingerprint density at radius 3 is 2.55 bits per heavy atom. The minimum atomic E-state index is -1.13. The van der Waals surface area contributed by atoms with Gasteiger partial charge < -0.3 is 20.5 Å². The number of H-pyrrole nitrogens is 1. The molecule has 1 amide bonds. The number of hydrogen-bond acceptors (Lipinski definition) is 4. The second-order valence-corrected chi connectivity index (χ2v) is 4.72. The normalized spacial score (nSPS) is 15.2. The van der Waals surface area contributed by atoms with Crippen molar-refractivity contribution < 1.29 is 19.8 Å². The highest BCUT2D eigenvalue weighted by atomic mass is 16.4. The quantitative estimate of drug-likeness (QED) is 0.586. The maximum absolute atomic E-state index is 11.6. The number of pyridine rings is 1. The van der Waals surface area contributed by atoms with Gasteiger partial charge in [0.1, 0.15) is 6.04 Å². The number of aliphatic hydroxyl groups is 1. The SMILES string of the molecule is CC(NC(=O)C[C@H](C)C(O)c1cccc(=O)[nH]1)C(=O)O. The van der Waals surface area contributed by atoms with Crippen LogP contribution in [0, 0.1) is 5.92 Å². The monoisotopic (exact) mass is 282 g/mol. The molecule has 0 aliphatic heterocycles. The Kier molecular flexibility index (Phi) is 5.45. The first-order valence-corrected chi connectivity index (χ1v) is 6.20. The highest BCUT2D eigenvalue weighted by molar-refractivity contribution is 5.83. The third-order valence-electron chi connectivity index (χ3n) is 2.90. The Morgan fingerprint density at radius 2 is 2.00 bits per heavy atom. The molecule has 1 rings (SSSR count). The average molecular weight is 282 g/mol. The van der Waals surface area contributed by atoms with Crippen molar-refractivity contribution in [3.05, 3.63) is 34.2 Å². The van der Waals surface area contributed by atoms with E-state index in [-0.39, 0.29) is 12.0 Å². The van der Waals surface area contributed by atoms with E-state index in [9.17, 15) is 19.5 Å². The minimum absolute atomic E-state index is 0.0459. The molecule has 0 fully saturated rings. The van der Waals surface area contributed by atoms with Crippen LogP contribution in [-0.4, -0.2) is 33.1 Å². The molecule has 1 aromatic heterocycles. The Labute approximate surface area is 115 Å². The number of aliphatic hydroxyl groups excluding tert-OH is 1. The van der Waals surface area contributed by atoms with Gasteiger partial charge in [-0.3, -0.25) is 14.4 Å². The number of carboxylic acid groups (broad SMARTS) is 1. The topological polar surface area (TPSA) is 119 Å². The van der Waals surface area contributed by atoms with E-state index in [0.717, 1.165) is 0 Å². The number of carbonyl (C=O) groups excluding carboxylic acids is 1. The number of carbonyl (C=O) groups is 2. The third-order valence-corrected chi connectivity index (χ3v) is 2.90.